The highest BCUT2D eigenvalue weighted by Gasteiger charge is 2.05. The average Bonchev–Trinajstić information content (AvgIpc) is 2.11. The quantitative estimate of drug-likeness (QED) is 0.781. The van der Waals surface area contributed by atoms with Gasteiger partial charge in [0.15, 0.2) is 0 Å². The van der Waals surface area contributed by atoms with Gasteiger partial charge in [-0.3, -0.25) is 4.90 Å². The van der Waals surface area contributed by atoms with Gasteiger partial charge in [-0.1, -0.05) is 17.7 Å². The lowest BCUT2D eigenvalue weighted by atomic mass is 10.2. The number of hydrogen-bond acceptors (Lipinski definition) is 2. The highest BCUT2D eigenvalue weighted by atomic mass is 35.5. The Morgan fingerprint density at radius 1 is 1.43 bits per heavy atom. The first-order valence-electron chi connectivity index (χ1n) is 4.75. The summed E-state index contributed by atoms with van der Waals surface area (Å²) in [5.74, 6) is 0. The van der Waals surface area contributed by atoms with E-state index in [0.29, 0.717) is 16.8 Å². The Hall–Kier alpha value is -0.730. The number of halogens is 1. The molecule has 3 heteroatoms. The molecular weight excluding hydrogens is 196 g/mol. The van der Waals surface area contributed by atoms with Gasteiger partial charge in [-0.25, -0.2) is 0 Å². The van der Waals surface area contributed by atoms with Crippen LogP contribution in [-0.2, 0) is 6.54 Å². The summed E-state index contributed by atoms with van der Waals surface area (Å²) in [5.41, 5.74) is 7.57. The Morgan fingerprint density at radius 3 is 2.57 bits per heavy atom. The van der Waals surface area contributed by atoms with Gasteiger partial charge >= 0.3 is 0 Å². The first-order chi connectivity index (χ1) is 6.50. The van der Waals surface area contributed by atoms with Crippen LogP contribution in [0.1, 0.15) is 19.4 Å². The van der Waals surface area contributed by atoms with Gasteiger partial charge in [-0.15, -0.1) is 0 Å². The fourth-order valence-electron chi connectivity index (χ4n) is 1.16. The third-order valence-corrected chi connectivity index (χ3v) is 2.72. The molecule has 14 heavy (non-hydrogen) atoms. The number of anilines is 1. The van der Waals surface area contributed by atoms with E-state index in [4.69, 9.17) is 17.3 Å². The zero-order valence-electron chi connectivity index (χ0n) is 8.92. The molecule has 0 aliphatic carbocycles. The Morgan fingerprint density at radius 2 is 2.07 bits per heavy atom. The van der Waals surface area contributed by atoms with Gasteiger partial charge < -0.3 is 5.73 Å². The Labute approximate surface area is 90.7 Å². The fraction of sp³-hybridized carbons (Fsp3) is 0.455. The molecule has 0 aromatic heterocycles. The molecular formula is C11H17ClN2. The molecule has 1 rings (SSSR count). The maximum Gasteiger partial charge on any atom is 0.0635 e. The summed E-state index contributed by atoms with van der Waals surface area (Å²) in [7, 11) is 2.09. The number of nitrogens with zero attached hydrogens (tertiary/aromatic N) is 1. The summed E-state index contributed by atoms with van der Waals surface area (Å²) >= 11 is 5.84. The molecule has 0 unspecified atom stereocenters. The lowest BCUT2D eigenvalue weighted by Gasteiger charge is -2.21. The zero-order chi connectivity index (χ0) is 10.7. The van der Waals surface area contributed by atoms with E-state index in [1.54, 1.807) is 0 Å². The van der Waals surface area contributed by atoms with Gasteiger partial charge in [0.05, 0.1) is 10.7 Å². The van der Waals surface area contributed by atoms with Crippen LogP contribution in [0.15, 0.2) is 18.2 Å². The molecule has 2 N–H and O–H groups in total. The third kappa shape index (κ3) is 2.89. The zero-order valence-corrected chi connectivity index (χ0v) is 9.67. The SMILES string of the molecule is CC(C)N(C)Cc1ccc(Cl)c(N)c1. The van der Waals surface area contributed by atoms with Gasteiger partial charge in [-0.2, -0.15) is 0 Å². The topological polar surface area (TPSA) is 29.3 Å². The summed E-state index contributed by atoms with van der Waals surface area (Å²) in [4.78, 5) is 2.25. The van der Waals surface area contributed by atoms with Crippen LogP contribution in [0.25, 0.3) is 0 Å². The smallest absolute Gasteiger partial charge is 0.0635 e. The molecule has 0 aliphatic heterocycles. The van der Waals surface area contributed by atoms with Crippen molar-refractivity contribution in [2.75, 3.05) is 12.8 Å². The summed E-state index contributed by atoms with van der Waals surface area (Å²) in [6.45, 7) is 5.23. The minimum Gasteiger partial charge on any atom is -0.398 e. The summed E-state index contributed by atoms with van der Waals surface area (Å²) in [5, 5.41) is 0.626. The van der Waals surface area contributed by atoms with E-state index in [1.807, 2.05) is 18.2 Å². The van der Waals surface area contributed by atoms with E-state index in [2.05, 4.69) is 25.8 Å². The summed E-state index contributed by atoms with van der Waals surface area (Å²) in [6.07, 6.45) is 0. The van der Waals surface area contributed by atoms with Crippen LogP contribution in [0.5, 0.6) is 0 Å². The molecule has 0 saturated heterocycles. The van der Waals surface area contributed by atoms with Crippen molar-refractivity contribution in [2.24, 2.45) is 0 Å². The largest absolute Gasteiger partial charge is 0.398 e. The highest BCUT2D eigenvalue weighted by molar-refractivity contribution is 6.33. The Bertz CT molecular complexity index is 310. The highest BCUT2D eigenvalue weighted by Crippen LogP contribution is 2.20. The van der Waals surface area contributed by atoms with Crippen LogP contribution in [0, 0.1) is 0 Å². The van der Waals surface area contributed by atoms with E-state index in [9.17, 15) is 0 Å². The molecule has 0 fully saturated rings. The Balaban J connectivity index is 2.73. The molecule has 1 aromatic rings. The van der Waals surface area contributed by atoms with Crippen molar-refractivity contribution in [1.82, 2.24) is 4.90 Å². The van der Waals surface area contributed by atoms with Gasteiger partial charge in [0.2, 0.25) is 0 Å². The molecule has 78 valence electrons. The number of hydrogen-bond donors (Lipinski definition) is 1. The lowest BCUT2D eigenvalue weighted by molar-refractivity contribution is 0.266. The van der Waals surface area contributed by atoms with Crippen LogP contribution >= 0.6 is 11.6 Å². The van der Waals surface area contributed by atoms with Crippen LogP contribution in [0.3, 0.4) is 0 Å². The van der Waals surface area contributed by atoms with Gasteiger partial charge in [0.1, 0.15) is 0 Å². The van der Waals surface area contributed by atoms with Gasteiger partial charge in [0.25, 0.3) is 0 Å². The molecule has 0 aliphatic rings. The second-order valence-electron chi connectivity index (χ2n) is 3.86. The second-order valence-corrected chi connectivity index (χ2v) is 4.27. The molecule has 0 amide bonds. The molecule has 0 saturated carbocycles. The summed E-state index contributed by atoms with van der Waals surface area (Å²) < 4.78 is 0. The third-order valence-electron chi connectivity index (χ3n) is 2.37. The minimum atomic E-state index is 0.534. The van der Waals surface area contributed by atoms with E-state index in [0.717, 1.165) is 6.54 Å². The van der Waals surface area contributed by atoms with Crippen molar-refractivity contribution in [2.45, 2.75) is 26.4 Å². The maximum atomic E-state index is 5.84. The standard InChI is InChI=1S/C11H17ClN2/c1-8(2)14(3)7-9-4-5-10(12)11(13)6-9/h4-6,8H,7,13H2,1-3H3. The predicted octanol–water partition coefficient (Wildman–Crippen LogP) is 2.76. The molecule has 0 bridgehead atoms. The average molecular weight is 213 g/mol. The van der Waals surface area contributed by atoms with Crippen molar-refractivity contribution in [1.29, 1.82) is 0 Å². The number of benzene rings is 1. The van der Waals surface area contributed by atoms with Crippen molar-refractivity contribution in [3.63, 3.8) is 0 Å². The number of nitrogens with two attached hydrogens (primary N) is 1. The van der Waals surface area contributed by atoms with E-state index in [-0.39, 0.29) is 0 Å². The van der Waals surface area contributed by atoms with Crippen LogP contribution in [0.2, 0.25) is 5.02 Å². The van der Waals surface area contributed by atoms with Crippen molar-refractivity contribution < 1.29 is 0 Å². The second kappa shape index (κ2) is 4.67. The fourth-order valence-corrected chi connectivity index (χ4v) is 1.28. The van der Waals surface area contributed by atoms with Crippen LogP contribution in [-0.4, -0.2) is 18.0 Å². The molecule has 0 heterocycles. The molecule has 1 aromatic carbocycles. The number of nitrogen functional groups attached to an aromatic ring is 1. The lowest BCUT2D eigenvalue weighted by Crippen LogP contribution is -2.25. The maximum absolute atomic E-state index is 5.84. The van der Waals surface area contributed by atoms with E-state index >= 15 is 0 Å². The normalized spacial score (nSPS) is 11.3. The van der Waals surface area contributed by atoms with E-state index in [1.165, 1.54) is 5.56 Å². The first kappa shape index (κ1) is 11.3. The molecule has 2 nitrogen and oxygen atoms in total. The predicted molar refractivity (Wildman–Crippen MR) is 62.5 cm³/mol. The van der Waals surface area contributed by atoms with Crippen LogP contribution < -0.4 is 5.73 Å². The van der Waals surface area contributed by atoms with Crippen molar-refractivity contribution in [3.05, 3.63) is 28.8 Å². The van der Waals surface area contributed by atoms with E-state index < -0.39 is 0 Å². The monoisotopic (exact) mass is 212 g/mol. The molecule has 0 spiro atoms. The van der Waals surface area contributed by atoms with Gasteiger partial charge in [0, 0.05) is 12.6 Å². The van der Waals surface area contributed by atoms with Crippen LogP contribution in [0.4, 0.5) is 5.69 Å². The summed E-state index contributed by atoms with van der Waals surface area (Å²) in [6, 6.07) is 6.33. The van der Waals surface area contributed by atoms with Crippen molar-refractivity contribution >= 4 is 17.3 Å². The molecule has 0 radical (unpaired) electrons. The molecule has 0 atom stereocenters. The Kier molecular flexibility index (Phi) is 3.78. The van der Waals surface area contributed by atoms with Crippen molar-refractivity contribution in [3.8, 4) is 0 Å². The first-order valence-corrected chi connectivity index (χ1v) is 5.12. The van der Waals surface area contributed by atoms with Gasteiger partial charge in [-0.05, 0) is 38.6 Å². The number of rotatable bonds is 3. The minimum absolute atomic E-state index is 0.534.